The molecule has 0 saturated carbocycles. The summed E-state index contributed by atoms with van der Waals surface area (Å²) in [5, 5.41) is 10.0. The number of unbranched alkanes of at least 4 members (excludes halogenated alkanes) is 2. The Morgan fingerprint density at radius 2 is 0.849 bits per heavy atom. The van der Waals surface area contributed by atoms with E-state index in [-0.39, 0.29) is 24.4 Å². The molecule has 0 spiro atoms. The highest BCUT2D eigenvalue weighted by molar-refractivity contribution is 5.50. The fraction of sp³-hybridized carbons (Fsp3) is 0.354. The Bertz CT molecular complexity index is 2670. The molecular weight excluding hydrogens is 909 g/mol. The molecule has 0 aromatic heterocycles. The van der Waals surface area contributed by atoms with Crippen molar-refractivity contribution >= 4 is 0 Å². The van der Waals surface area contributed by atoms with Crippen molar-refractivity contribution in [3.8, 4) is 23.0 Å². The number of aromatic hydroxyl groups is 1. The Balaban J connectivity index is 0.000000199. The maximum atomic E-state index is 10.0. The lowest BCUT2D eigenvalue weighted by Crippen LogP contribution is -2.20. The summed E-state index contributed by atoms with van der Waals surface area (Å²) in [6.07, 6.45) is 9.57. The number of hydrogen-bond acceptors (Lipinski definition) is 8. The third-order valence-corrected chi connectivity index (χ3v) is 14.6. The molecule has 0 radical (unpaired) electrons. The first-order valence-electron chi connectivity index (χ1n) is 26.2. The summed E-state index contributed by atoms with van der Waals surface area (Å²) in [5.41, 5.74) is 11.9. The van der Waals surface area contributed by atoms with Crippen LogP contribution in [-0.2, 0) is 38.4 Å². The number of rotatable bonds is 23. The van der Waals surface area contributed by atoms with E-state index in [2.05, 4.69) is 158 Å². The SMILES string of the molecule is COC(CCCCOc1ccc([C@@H]2c3ccc(O)cc3CC[C@@H]2c2ccccc2)cc1)OC.COC(CCCCOc1ccc([C@@H]2c3ccc(OCc4ccccc4)cc3CC[C@@H]2c2ccccc2)cc1)OC. The zero-order valence-electron chi connectivity index (χ0n) is 43.2. The Hall–Kier alpha value is -6.42. The van der Waals surface area contributed by atoms with Crippen molar-refractivity contribution in [1.29, 1.82) is 0 Å². The second-order valence-electron chi connectivity index (χ2n) is 19.2. The lowest BCUT2D eigenvalue weighted by molar-refractivity contribution is -0.107. The first-order chi connectivity index (χ1) is 35.9. The Morgan fingerprint density at radius 1 is 0.425 bits per heavy atom. The molecule has 0 aliphatic heterocycles. The zero-order chi connectivity index (χ0) is 50.6. The molecule has 0 heterocycles. The van der Waals surface area contributed by atoms with E-state index in [0.29, 0.717) is 37.4 Å². The van der Waals surface area contributed by atoms with Crippen LogP contribution in [0, 0.1) is 0 Å². The maximum absolute atomic E-state index is 10.0. The van der Waals surface area contributed by atoms with Gasteiger partial charge in [0, 0.05) is 40.3 Å². The molecule has 0 amide bonds. The van der Waals surface area contributed by atoms with Crippen molar-refractivity contribution in [3.63, 3.8) is 0 Å². The van der Waals surface area contributed by atoms with Crippen LogP contribution < -0.4 is 14.2 Å². The smallest absolute Gasteiger partial charge is 0.156 e. The van der Waals surface area contributed by atoms with Crippen LogP contribution in [0.2, 0.25) is 0 Å². The number of phenols is 1. The van der Waals surface area contributed by atoms with Crippen molar-refractivity contribution in [2.45, 2.75) is 107 Å². The predicted molar refractivity (Wildman–Crippen MR) is 291 cm³/mol. The standard InChI is InChI=1S/C36H40O4.C29H34O4/c1-37-35(38-2)15-9-10-24-39-31-19-16-29(17-20-31)36-33(28-13-7-4-8-14-28)22-18-30-25-32(21-23-34(30)36)40-26-27-11-5-3-6-12-27;1-31-28(32-2)10-6-7-19-33-25-15-11-22(12-16-25)29-26(21-8-4-3-5-9-21)17-13-23-20-24(30)14-18-27(23)29/h3-8,11-14,16-17,19-21,23,25,33,35-36H,9-10,15,18,22,24,26H2,1-2H3;3-5,8-9,11-12,14-16,18,20,26,28-30H,6-7,10,13,17,19H2,1-2H3/t33-,36+;26-,29+/m11/s1. The molecule has 7 aromatic rings. The van der Waals surface area contributed by atoms with E-state index in [4.69, 9.17) is 33.2 Å². The topological polar surface area (TPSA) is 84.8 Å². The second kappa shape index (κ2) is 27.6. The fourth-order valence-electron chi connectivity index (χ4n) is 10.8. The minimum atomic E-state index is -0.137. The van der Waals surface area contributed by atoms with Gasteiger partial charge in [0.15, 0.2) is 12.6 Å². The van der Waals surface area contributed by atoms with Gasteiger partial charge >= 0.3 is 0 Å². The van der Waals surface area contributed by atoms with Gasteiger partial charge in [0.25, 0.3) is 0 Å². The molecule has 382 valence electrons. The number of fused-ring (bicyclic) bond motifs is 2. The summed E-state index contributed by atoms with van der Waals surface area (Å²) in [4.78, 5) is 0. The highest BCUT2D eigenvalue weighted by atomic mass is 16.7. The minimum Gasteiger partial charge on any atom is -0.508 e. The van der Waals surface area contributed by atoms with Crippen LogP contribution in [0.4, 0.5) is 0 Å². The average Bonchev–Trinajstić information content (AvgIpc) is 3.45. The van der Waals surface area contributed by atoms with E-state index in [1.165, 1.54) is 50.1 Å². The summed E-state index contributed by atoms with van der Waals surface area (Å²) in [7, 11) is 6.69. The number of methoxy groups -OCH3 is 4. The first kappa shape index (κ1) is 52.9. The molecule has 2 aliphatic rings. The molecule has 0 saturated heterocycles. The molecule has 4 atom stereocenters. The number of benzene rings is 7. The van der Waals surface area contributed by atoms with Crippen molar-refractivity contribution in [2.75, 3.05) is 41.7 Å². The van der Waals surface area contributed by atoms with Crippen LogP contribution in [0.25, 0.3) is 0 Å². The quantitative estimate of drug-likeness (QED) is 0.0501. The van der Waals surface area contributed by atoms with Crippen molar-refractivity contribution < 1.29 is 38.3 Å². The minimum absolute atomic E-state index is 0.137. The average molecular weight is 983 g/mol. The second-order valence-corrected chi connectivity index (χ2v) is 19.2. The number of hydrogen-bond donors (Lipinski definition) is 1. The molecule has 73 heavy (non-hydrogen) atoms. The summed E-state index contributed by atoms with van der Waals surface area (Å²) in [5.74, 6) is 4.45. The van der Waals surface area contributed by atoms with E-state index in [1.54, 1.807) is 28.4 Å². The Kier molecular flexibility index (Phi) is 20.0. The van der Waals surface area contributed by atoms with Crippen LogP contribution >= 0.6 is 0 Å². The zero-order valence-corrected chi connectivity index (χ0v) is 43.2. The van der Waals surface area contributed by atoms with Crippen LogP contribution in [0.1, 0.15) is 125 Å². The van der Waals surface area contributed by atoms with Gasteiger partial charge in [-0.15, -0.1) is 0 Å². The molecule has 9 rings (SSSR count). The molecule has 0 bridgehead atoms. The van der Waals surface area contributed by atoms with Gasteiger partial charge in [-0.25, -0.2) is 0 Å². The first-order valence-corrected chi connectivity index (χ1v) is 26.2. The molecule has 8 nitrogen and oxygen atoms in total. The summed E-state index contributed by atoms with van der Waals surface area (Å²) >= 11 is 0. The van der Waals surface area contributed by atoms with Crippen LogP contribution in [0.3, 0.4) is 0 Å². The van der Waals surface area contributed by atoms with Crippen molar-refractivity contribution in [2.24, 2.45) is 0 Å². The third-order valence-electron chi connectivity index (χ3n) is 14.6. The summed E-state index contributed by atoms with van der Waals surface area (Å²) in [6, 6.07) is 61.9. The van der Waals surface area contributed by atoms with E-state index in [1.807, 2.05) is 18.2 Å². The van der Waals surface area contributed by atoms with E-state index in [0.717, 1.165) is 81.5 Å². The monoisotopic (exact) mass is 983 g/mol. The number of phenolic OH excluding ortho intramolecular Hbond substituents is 1. The van der Waals surface area contributed by atoms with Crippen molar-refractivity contribution in [1.82, 2.24) is 0 Å². The molecule has 0 fully saturated rings. The third kappa shape index (κ3) is 14.6. The Morgan fingerprint density at radius 3 is 1.32 bits per heavy atom. The highest BCUT2D eigenvalue weighted by Crippen LogP contribution is 2.49. The number of ether oxygens (including phenoxy) is 7. The van der Waals surface area contributed by atoms with E-state index >= 15 is 0 Å². The normalized spacial score (nSPS) is 17.0. The number of aryl methyl sites for hydroxylation is 2. The molecule has 2 aliphatic carbocycles. The summed E-state index contributed by atoms with van der Waals surface area (Å²) < 4.78 is 39.2. The molecular formula is C65H74O8. The van der Waals surface area contributed by atoms with Gasteiger partial charge in [-0.1, -0.05) is 127 Å². The molecule has 8 heteroatoms. The van der Waals surface area contributed by atoms with Gasteiger partial charge in [-0.2, -0.15) is 0 Å². The van der Waals surface area contributed by atoms with Gasteiger partial charge in [0.1, 0.15) is 29.6 Å². The lowest BCUT2D eigenvalue weighted by atomic mass is 9.69. The molecule has 7 aromatic carbocycles. The van der Waals surface area contributed by atoms with Crippen molar-refractivity contribution in [3.05, 3.63) is 226 Å². The largest absolute Gasteiger partial charge is 0.508 e. The van der Waals surface area contributed by atoms with E-state index < -0.39 is 0 Å². The van der Waals surface area contributed by atoms with Crippen LogP contribution in [0.5, 0.6) is 23.0 Å². The van der Waals surface area contributed by atoms with Gasteiger partial charge in [0.05, 0.1) is 13.2 Å². The van der Waals surface area contributed by atoms with Gasteiger partial charge in [-0.05, 0) is 175 Å². The molecule has 1 N–H and O–H groups in total. The predicted octanol–water partition coefficient (Wildman–Crippen LogP) is 14.7. The van der Waals surface area contributed by atoms with Gasteiger partial charge < -0.3 is 38.3 Å². The van der Waals surface area contributed by atoms with Gasteiger partial charge in [-0.3, -0.25) is 0 Å². The van der Waals surface area contributed by atoms with Gasteiger partial charge in [0.2, 0.25) is 0 Å². The Labute approximate surface area is 434 Å². The molecule has 0 unspecified atom stereocenters. The van der Waals surface area contributed by atoms with E-state index in [9.17, 15) is 5.11 Å². The lowest BCUT2D eigenvalue weighted by Gasteiger charge is -2.35. The summed E-state index contributed by atoms with van der Waals surface area (Å²) in [6.45, 7) is 1.94. The highest BCUT2D eigenvalue weighted by Gasteiger charge is 2.34. The fourth-order valence-corrected chi connectivity index (χ4v) is 10.8. The maximum Gasteiger partial charge on any atom is 0.156 e. The van der Waals surface area contributed by atoms with Crippen LogP contribution in [0.15, 0.2) is 176 Å². The van der Waals surface area contributed by atoms with Crippen LogP contribution in [-0.4, -0.2) is 59.3 Å².